The minimum absolute atomic E-state index is 0.268. The fraction of sp³-hybridized carbons (Fsp3) is 0.368. The Balaban J connectivity index is 1.46. The van der Waals surface area contributed by atoms with Crippen LogP contribution in [0.1, 0.15) is 24.0 Å². The first-order valence-electron chi connectivity index (χ1n) is 7.84. The monoisotopic (exact) mass is 279 g/mol. The van der Waals surface area contributed by atoms with E-state index in [1.54, 1.807) is 0 Å². The first-order valence-corrected chi connectivity index (χ1v) is 7.84. The summed E-state index contributed by atoms with van der Waals surface area (Å²) in [4.78, 5) is 2.57. The largest absolute Gasteiger partial charge is 0.492 e. The molecule has 0 amide bonds. The van der Waals surface area contributed by atoms with Gasteiger partial charge in [0.15, 0.2) is 0 Å². The first-order chi connectivity index (χ1) is 10.4. The molecule has 1 fully saturated rings. The van der Waals surface area contributed by atoms with Crippen LogP contribution in [-0.2, 0) is 12.0 Å². The molecule has 0 aromatic heterocycles. The quantitative estimate of drug-likeness (QED) is 0.832. The van der Waals surface area contributed by atoms with Gasteiger partial charge in [-0.3, -0.25) is 4.90 Å². The Bertz CT molecular complexity index is 614. The molecule has 0 aliphatic carbocycles. The molecule has 21 heavy (non-hydrogen) atoms. The average Bonchev–Trinajstić information content (AvgIpc) is 2.90. The van der Waals surface area contributed by atoms with E-state index in [1.807, 2.05) is 0 Å². The number of hydrogen-bond donors (Lipinski definition) is 0. The summed E-state index contributed by atoms with van der Waals surface area (Å²) < 4.78 is 5.93. The van der Waals surface area contributed by atoms with Gasteiger partial charge in [0.1, 0.15) is 5.75 Å². The molecular formula is C19H21NO. The molecule has 0 bridgehead atoms. The summed E-state index contributed by atoms with van der Waals surface area (Å²) in [6.45, 7) is 4.25. The van der Waals surface area contributed by atoms with Gasteiger partial charge >= 0.3 is 0 Å². The maximum absolute atomic E-state index is 5.93. The molecular weight excluding hydrogens is 258 g/mol. The summed E-state index contributed by atoms with van der Waals surface area (Å²) in [7, 11) is 0. The molecule has 2 heterocycles. The van der Waals surface area contributed by atoms with Crippen molar-refractivity contribution in [2.75, 3.05) is 19.7 Å². The number of hydrogen-bond acceptors (Lipinski definition) is 2. The fourth-order valence-electron chi connectivity index (χ4n) is 3.72. The van der Waals surface area contributed by atoms with Crippen molar-refractivity contribution in [1.29, 1.82) is 0 Å². The van der Waals surface area contributed by atoms with Gasteiger partial charge in [0.05, 0.1) is 6.61 Å². The number of fused-ring (bicyclic) bond motifs is 2. The van der Waals surface area contributed by atoms with Gasteiger partial charge in [-0.2, -0.15) is 0 Å². The van der Waals surface area contributed by atoms with Crippen LogP contribution >= 0.6 is 0 Å². The third kappa shape index (κ3) is 2.34. The van der Waals surface area contributed by atoms with Gasteiger partial charge in [-0.05, 0) is 37.6 Å². The molecule has 2 aromatic carbocycles. The van der Waals surface area contributed by atoms with Gasteiger partial charge in [0, 0.05) is 17.5 Å². The summed E-state index contributed by atoms with van der Waals surface area (Å²) in [5, 5.41) is 0. The predicted molar refractivity (Wildman–Crippen MR) is 84.6 cm³/mol. The molecule has 108 valence electrons. The van der Waals surface area contributed by atoms with Crippen LogP contribution < -0.4 is 4.74 Å². The van der Waals surface area contributed by atoms with Crippen LogP contribution in [0, 0.1) is 0 Å². The molecule has 1 saturated heterocycles. The predicted octanol–water partition coefficient (Wildman–Crippen LogP) is 3.61. The normalized spacial score (nSPS) is 20.2. The van der Waals surface area contributed by atoms with Crippen molar-refractivity contribution in [3.63, 3.8) is 0 Å². The number of piperidine rings is 1. The minimum atomic E-state index is 0.268. The zero-order valence-corrected chi connectivity index (χ0v) is 12.3. The lowest BCUT2D eigenvalue weighted by Gasteiger charge is -2.38. The number of likely N-dealkylation sites (tertiary alicyclic amines) is 1. The smallest absolute Gasteiger partial charge is 0.123 e. The zero-order valence-electron chi connectivity index (χ0n) is 12.3. The summed E-state index contributed by atoms with van der Waals surface area (Å²) in [6, 6.07) is 19.4. The van der Waals surface area contributed by atoms with E-state index in [0.29, 0.717) is 0 Å². The number of ether oxygens (including phenoxy) is 1. The van der Waals surface area contributed by atoms with Gasteiger partial charge in [-0.25, -0.2) is 0 Å². The molecule has 2 heteroatoms. The van der Waals surface area contributed by atoms with Crippen molar-refractivity contribution < 1.29 is 4.74 Å². The van der Waals surface area contributed by atoms with Gasteiger partial charge in [-0.1, -0.05) is 48.5 Å². The Kier molecular flexibility index (Phi) is 3.19. The van der Waals surface area contributed by atoms with Crippen molar-refractivity contribution in [3.8, 4) is 5.75 Å². The minimum Gasteiger partial charge on any atom is -0.492 e. The summed E-state index contributed by atoms with van der Waals surface area (Å²) in [6.07, 6.45) is 2.41. The lowest BCUT2D eigenvalue weighted by atomic mass is 9.74. The highest BCUT2D eigenvalue weighted by molar-refractivity contribution is 5.44. The molecule has 2 aliphatic rings. The van der Waals surface area contributed by atoms with Crippen LogP contribution in [0.25, 0.3) is 0 Å². The SMILES string of the molecule is c1ccc(CN2CCC3(CC2)COc2ccccc23)cc1. The summed E-state index contributed by atoms with van der Waals surface area (Å²) in [5.74, 6) is 1.11. The maximum Gasteiger partial charge on any atom is 0.123 e. The third-order valence-electron chi connectivity index (χ3n) is 5.02. The molecule has 0 unspecified atom stereocenters. The van der Waals surface area contributed by atoms with E-state index in [2.05, 4.69) is 59.5 Å². The molecule has 0 atom stereocenters. The van der Waals surface area contributed by atoms with E-state index in [-0.39, 0.29) is 5.41 Å². The van der Waals surface area contributed by atoms with Crippen molar-refractivity contribution in [1.82, 2.24) is 4.90 Å². The average molecular weight is 279 g/mol. The third-order valence-corrected chi connectivity index (χ3v) is 5.02. The van der Waals surface area contributed by atoms with E-state index in [9.17, 15) is 0 Å². The summed E-state index contributed by atoms with van der Waals surface area (Å²) in [5.41, 5.74) is 3.12. The second-order valence-electron chi connectivity index (χ2n) is 6.33. The summed E-state index contributed by atoms with van der Waals surface area (Å²) >= 11 is 0. The Labute approximate surface area is 126 Å². The first kappa shape index (κ1) is 12.9. The topological polar surface area (TPSA) is 12.5 Å². The van der Waals surface area contributed by atoms with E-state index in [4.69, 9.17) is 4.74 Å². The van der Waals surface area contributed by atoms with Gasteiger partial charge < -0.3 is 4.74 Å². The molecule has 2 nitrogen and oxygen atoms in total. The number of benzene rings is 2. The highest BCUT2D eigenvalue weighted by atomic mass is 16.5. The Morgan fingerprint density at radius 2 is 1.62 bits per heavy atom. The van der Waals surface area contributed by atoms with Gasteiger partial charge in [0.2, 0.25) is 0 Å². The molecule has 4 rings (SSSR count). The lowest BCUT2D eigenvalue weighted by molar-refractivity contribution is 0.130. The van der Waals surface area contributed by atoms with Crippen molar-refractivity contribution >= 4 is 0 Å². The molecule has 2 aliphatic heterocycles. The number of nitrogens with zero attached hydrogens (tertiary/aromatic N) is 1. The highest BCUT2D eigenvalue weighted by Crippen LogP contribution is 2.45. The van der Waals surface area contributed by atoms with Crippen LogP contribution in [-0.4, -0.2) is 24.6 Å². The van der Waals surface area contributed by atoms with Crippen molar-refractivity contribution in [2.45, 2.75) is 24.8 Å². The van der Waals surface area contributed by atoms with Crippen LogP contribution in [0.2, 0.25) is 0 Å². The Morgan fingerprint density at radius 3 is 2.43 bits per heavy atom. The number of rotatable bonds is 2. The number of para-hydroxylation sites is 1. The zero-order chi connectivity index (χ0) is 14.1. The van der Waals surface area contributed by atoms with Crippen LogP contribution in [0.15, 0.2) is 54.6 Å². The molecule has 2 aromatic rings. The second kappa shape index (κ2) is 5.19. The Hall–Kier alpha value is -1.80. The molecule has 1 spiro atoms. The van der Waals surface area contributed by atoms with Crippen LogP contribution in [0.4, 0.5) is 0 Å². The van der Waals surface area contributed by atoms with Crippen LogP contribution in [0.3, 0.4) is 0 Å². The molecule has 0 saturated carbocycles. The van der Waals surface area contributed by atoms with E-state index in [0.717, 1.165) is 32.0 Å². The molecule has 0 N–H and O–H groups in total. The van der Waals surface area contributed by atoms with Gasteiger partial charge in [0.25, 0.3) is 0 Å². The van der Waals surface area contributed by atoms with E-state index < -0.39 is 0 Å². The van der Waals surface area contributed by atoms with E-state index >= 15 is 0 Å². The standard InChI is InChI=1S/C19H21NO/c1-2-6-16(7-3-1)14-20-12-10-19(11-13-20)15-21-18-9-5-4-8-17(18)19/h1-9H,10-15H2. The molecule has 0 radical (unpaired) electrons. The van der Waals surface area contributed by atoms with E-state index in [1.165, 1.54) is 24.0 Å². The van der Waals surface area contributed by atoms with Gasteiger partial charge in [-0.15, -0.1) is 0 Å². The van der Waals surface area contributed by atoms with Crippen molar-refractivity contribution in [2.24, 2.45) is 0 Å². The second-order valence-corrected chi connectivity index (χ2v) is 6.33. The van der Waals surface area contributed by atoms with Crippen LogP contribution in [0.5, 0.6) is 5.75 Å². The highest BCUT2D eigenvalue weighted by Gasteiger charge is 2.42. The lowest BCUT2D eigenvalue weighted by Crippen LogP contribution is -2.43. The van der Waals surface area contributed by atoms with Crippen molar-refractivity contribution in [3.05, 3.63) is 65.7 Å². The fourth-order valence-corrected chi connectivity index (χ4v) is 3.72. The Morgan fingerprint density at radius 1 is 0.905 bits per heavy atom. The maximum atomic E-state index is 5.93.